The van der Waals surface area contributed by atoms with E-state index < -0.39 is 0 Å². The smallest absolute Gasteiger partial charge is 0.123 e. The minimum Gasteiger partial charge on any atom is -0.496 e. The maximum atomic E-state index is 12.8. The monoisotopic (exact) mass is 183 g/mol. The highest BCUT2D eigenvalue weighted by molar-refractivity contribution is 5.33. The van der Waals surface area contributed by atoms with E-state index in [1.807, 2.05) is 0 Å². The van der Waals surface area contributed by atoms with Crippen LogP contribution in [0.25, 0.3) is 0 Å². The van der Waals surface area contributed by atoms with Gasteiger partial charge in [-0.2, -0.15) is 0 Å². The zero-order valence-electron chi connectivity index (χ0n) is 7.72. The Labute approximate surface area is 77.5 Å². The molecule has 0 aromatic heterocycles. The molecule has 2 N–H and O–H groups in total. The summed E-state index contributed by atoms with van der Waals surface area (Å²) in [5.74, 6) is 0.502. The van der Waals surface area contributed by atoms with Crippen molar-refractivity contribution in [3.05, 3.63) is 29.6 Å². The van der Waals surface area contributed by atoms with Crippen LogP contribution in [0.3, 0.4) is 0 Å². The second kappa shape index (κ2) is 4.82. The van der Waals surface area contributed by atoms with Crippen LogP contribution in [0.1, 0.15) is 12.0 Å². The predicted molar refractivity (Wildman–Crippen MR) is 50.3 cm³/mol. The first-order valence-corrected chi connectivity index (χ1v) is 4.30. The number of nitrogens with two attached hydrogens (primary N) is 1. The van der Waals surface area contributed by atoms with E-state index in [0.717, 1.165) is 24.2 Å². The molecule has 0 saturated heterocycles. The summed E-state index contributed by atoms with van der Waals surface area (Å²) in [6, 6.07) is 4.53. The highest BCUT2D eigenvalue weighted by atomic mass is 19.1. The molecule has 0 radical (unpaired) electrons. The van der Waals surface area contributed by atoms with E-state index in [1.165, 1.54) is 12.1 Å². The van der Waals surface area contributed by atoms with E-state index in [-0.39, 0.29) is 5.82 Å². The Hall–Kier alpha value is -1.09. The van der Waals surface area contributed by atoms with E-state index in [0.29, 0.717) is 6.54 Å². The molecule has 0 bridgehead atoms. The van der Waals surface area contributed by atoms with Gasteiger partial charge in [-0.1, -0.05) is 0 Å². The number of hydrogen-bond acceptors (Lipinski definition) is 2. The molecule has 13 heavy (non-hydrogen) atoms. The van der Waals surface area contributed by atoms with Crippen molar-refractivity contribution in [2.45, 2.75) is 12.8 Å². The quantitative estimate of drug-likeness (QED) is 0.771. The fourth-order valence-corrected chi connectivity index (χ4v) is 1.24. The van der Waals surface area contributed by atoms with Crippen molar-refractivity contribution < 1.29 is 9.13 Å². The molecule has 0 spiro atoms. The van der Waals surface area contributed by atoms with Gasteiger partial charge in [-0.05, 0) is 43.1 Å². The van der Waals surface area contributed by atoms with Crippen LogP contribution in [0.2, 0.25) is 0 Å². The van der Waals surface area contributed by atoms with Gasteiger partial charge in [0, 0.05) is 0 Å². The average molecular weight is 183 g/mol. The molecule has 1 aromatic carbocycles. The van der Waals surface area contributed by atoms with Gasteiger partial charge in [-0.15, -0.1) is 0 Å². The highest BCUT2D eigenvalue weighted by Gasteiger charge is 2.03. The van der Waals surface area contributed by atoms with E-state index in [9.17, 15) is 4.39 Å². The van der Waals surface area contributed by atoms with Crippen molar-refractivity contribution in [1.29, 1.82) is 0 Å². The van der Waals surface area contributed by atoms with E-state index in [2.05, 4.69) is 0 Å². The summed E-state index contributed by atoms with van der Waals surface area (Å²) < 4.78 is 17.9. The molecule has 0 aliphatic heterocycles. The molecule has 1 rings (SSSR count). The summed E-state index contributed by atoms with van der Waals surface area (Å²) in [5, 5.41) is 0. The van der Waals surface area contributed by atoms with Gasteiger partial charge in [0.25, 0.3) is 0 Å². The largest absolute Gasteiger partial charge is 0.496 e. The Balaban J connectivity index is 2.81. The maximum Gasteiger partial charge on any atom is 0.123 e. The lowest BCUT2D eigenvalue weighted by Crippen LogP contribution is -2.01. The first-order chi connectivity index (χ1) is 6.27. The van der Waals surface area contributed by atoms with E-state index in [4.69, 9.17) is 10.5 Å². The molecule has 3 heteroatoms. The molecule has 0 aliphatic carbocycles. The zero-order chi connectivity index (χ0) is 9.68. The summed E-state index contributed by atoms with van der Waals surface area (Å²) in [5.41, 5.74) is 6.25. The highest BCUT2D eigenvalue weighted by Crippen LogP contribution is 2.20. The second-order valence-electron chi connectivity index (χ2n) is 2.85. The number of benzene rings is 1. The van der Waals surface area contributed by atoms with Gasteiger partial charge in [0.2, 0.25) is 0 Å². The number of hydrogen-bond donors (Lipinski definition) is 1. The molecule has 0 heterocycles. The molecule has 0 amide bonds. The topological polar surface area (TPSA) is 35.2 Å². The van der Waals surface area contributed by atoms with Gasteiger partial charge in [-0.3, -0.25) is 0 Å². The van der Waals surface area contributed by atoms with Crippen LogP contribution in [0.5, 0.6) is 5.75 Å². The SMILES string of the molecule is COc1ccc(F)cc1CCCN. The number of methoxy groups -OCH3 is 1. The van der Waals surface area contributed by atoms with E-state index in [1.54, 1.807) is 13.2 Å². The number of halogens is 1. The van der Waals surface area contributed by atoms with Crippen molar-refractivity contribution >= 4 is 0 Å². The number of aryl methyl sites for hydroxylation is 1. The van der Waals surface area contributed by atoms with Gasteiger partial charge in [0.15, 0.2) is 0 Å². The Kier molecular flexibility index (Phi) is 3.71. The number of ether oxygens (including phenoxy) is 1. The van der Waals surface area contributed by atoms with Crippen LogP contribution in [0.4, 0.5) is 4.39 Å². The first kappa shape index (κ1) is 9.99. The third-order valence-corrected chi connectivity index (χ3v) is 1.89. The molecule has 0 unspecified atom stereocenters. The van der Waals surface area contributed by atoms with Crippen LogP contribution in [0, 0.1) is 5.82 Å². The summed E-state index contributed by atoms with van der Waals surface area (Å²) in [4.78, 5) is 0. The van der Waals surface area contributed by atoms with Crippen LogP contribution in [-0.4, -0.2) is 13.7 Å². The lowest BCUT2D eigenvalue weighted by molar-refractivity contribution is 0.408. The summed E-state index contributed by atoms with van der Waals surface area (Å²) >= 11 is 0. The predicted octanol–water partition coefficient (Wildman–Crippen LogP) is 1.73. The van der Waals surface area contributed by atoms with Gasteiger partial charge in [0.05, 0.1) is 7.11 Å². The Morgan fingerprint density at radius 3 is 2.85 bits per heavy atom. The number of rotatable bonds is 4. The Morgan fingerprint density at radius 2 is 2.23 bits per heavy atom. The molecule has 0 aliphatic rings. The average Bonchev–Trinajstić information content (AvgIpc) is 2.15. The first-order valence-electron chi connectivity index (χ1n) is 4.30. The Bertz CT molecular complexity index is 276. The summed E-state index contributed by atoms with van der Waals surface area (Å²) in [6.07, 6.45) is 1.61. The maximum absolute atomic E-state index is 12.8. The molecule has 0 atom stereocenters. The van der Waals surface area contributed by atoms with Crippen LogP contribution >= 0.6 is 0 Å². The lowest BCUT2D eigenvalue weighted by atomic mass is 10.1. The zero-order valence-corrected chi connectivity index (χ0v) is 7.72. The van der Waals surface area contributed by atoms with Crippen molar-refractivity contribution in [3.8, 4) is 5.75 Å². The van der Waals surface area contributed by atoms with Crippen molar-refractivity contribution in [3.63, 3.8) is 0 Å². The molecular weight excluding hydrogens is 169 g/mol. The standard InChI is InChI=1S/C10H14FNO/c1-13-10-5-4-9(11)7-8(10)3-2-6-12/h4-5,7H,2-3,6,12H2,1H3. The molecular formula is C10H14FNO. The molecule has 72 valence electrons. The normalized spacial score (nSPS) is 10.1. The molecule has 0 saturated carbocycles. The molecule has 2 nitrogen and oxygen atoms in total. The molecule has 1 aromatic rings. The van der Waals surface area contributed by atoms with Crippen molar-refractivity contribution in [1.82, 2.24) is 0 Å². The van der Waals surface area contributed by atoms with E-state index >= 15 is 0 Å². The fraction of sp³-hybridized carbons (Fsp3) is 0.400. The van der Waals surface area contributed by atoms with Crippen LogP contribution in [0.15, 0.2) is 18.2 Å². The second-order valence-corrected chi connectivity index (χ2v) is 2.85. The lowest BCUT2D eigenvalue weighted by Gasteiger charge is -2.07. The third-order valence-electron chi connectivity index (χ3n) is 1.89. The molecule has 0 fully saturated rings. The van der Waals surface area contributed by atoms with Gasteiger partial charge in [-0.25, -0.2) is 4.39 Å². The third kappa shape index (κ3) is 2.70. The van der Waals surface area contributed by atoms with Gasteiger partial charge >= 0.3 is 0 Å². The summed E-state index contributed by atoms with van der Waals surface area (Å²) in [7, 11) is 1.58. The Morgan fingerprint density at radius 1 is 1.46 bits per heavy atom. The minimum atomic E-state index is -0.229. The van der Waals surface area contributed by atoms with Crippen molar-refractivity contribution in [2.24, 2.45) is 5.73 Å². The van der Waals surface area contributed by atoms with Crippen LogP contribution < -0.4 is 10.5 Å². The van der Waals surface area contributed by atoms with Gasteiger partial charge in [0.1, 0.15) is 11.6 Å². The summed E-state index contributed by atoms with van der Waals surface area (Å²) in [6.45, 7) is 0.611. The minimum absolute atomic E-state index is 0.229. The van der Waals surface area contributed by atoms with Crippen LogP contribution in [-0.2, 0) is 6.42 Å². The fourth-order valence-electron chi connectivity index (χ4n) is 1.24. The van der Waals surface area contributed by atoms with Crippen molar-refractivity contribution in [2.75, 3.05) is 13.7 Å². The van der Waals surface area contributed by atoms with Gasteiger partial charge < -0.3 is 10.5 Å².